The average Bonchev–Trinajstić information content (AvgIpc) is 3.40. The maximum Gasteiger partial charge on any atom is 0.260 e. The quantitative estimate of drug-likeness (QED) is 0.359. The highest BCUT2D eigenvalue weighted by Crippen LogP contribution is 2.39. The molecule has 1 aliphatic rings. The van der Waals surface area contributed by atoms with E-state index in [0.29, 0.717) is 40.2 Å². The molecule has 1 amide bonds. The Morgan fingerprint density at radius 2 is 1.73 bits per heavy atom. The van der Waals surface area contributed by atoms with Crippen LogP contribution in [0.5, 0.6) is 17.2 Å². The van der Waals surface area contributed by atoms with Gasteiger partial charge in [0.25, 0.3) is 5.91 Å². The second-order valence-electron chi connectivity index (χ2n) is 8.20. The van der Waals surface area contributed by atoms with Crippen LogP contribution >= 0.6 is 23.7 Å². The van der Waals surface area contributed by atoms with E-state index in [1.165, 1.54) is 44.8 Å². The van der Waals surface area contributed by atoms with Gasteiger partial charge in [-0.25, -0.2) is 9.37 Å². The van der Waals surface area contributed by atoms with Crippen molar-refractivity contribution in [1.29, 1.82) is 0 Å². The minimum absolute atomic E-state index is 0. The predicted molar refractivity (Wildman–Crippen MR) is 144 cm³/mol. The molecule has 0 aliphatic carbocycles. The number of amides is 1. The first-order valence-corrected chi connectivity index (χ1v) is 12.6. The van der Waals surface area contributed by atoms with Crippen molar-refractivity contribution in [1.82, 2.24) is 9.88 Å². The fourth-order valence-electron chi connectivity index (χ4n) is 4.06. The minimum atomic E-state index is -0.309. The van der Waals surface area contributed by atoms with Gasteiger partial charge in [-0.1, -0.05) is 0 Å². The van der Waals surface area contributed by atoms with E-state index in [1.54, 1.807) is 29.2 Å². The van der Waals surface area contributed by atoms with Crippen molar-refractivity contribution in [2.45, 2.75) is 6.42 Å². The Hall–Kier alpha value is -2.92. The Morgan fingerprint density at radius 1 is 1.08 bits per heavy atom. The fourth-order valence-corrected chi connectivity index (χ4v) is 4.92. The van der Waals surface area contributed by atoms with E-state index in [2.05, 4.69) is 4.90 Å². The van der Waals surface area contributed by atoms with E-state index in [9.17, 15) is 9.18 Å². The molecule has 1 fully saturated rings. The van der Waals surface area contributed by atoms with E-state index in [4.69, 9.17) is 23.9 Å². The molecule has 0 radical (unpaired) electrons. The molecule has 1 aromatic heterocycles. The summed E-state index contributed by atoms with van der Waals surface area (Å²) in [4.78, 5) is 22.5. The number of methoxy groups -OCH3 is 3. The lowest BCUT2D eigenvalue weighted by Crippen LogP contribution is -2.39. The molecule has 1 aliphatic heterocycles. The molecule has 3 aromatic rings. The Kier molecular flexibility index (Phi) is 10.5. The van der Waals surface area contributed by atoms with E-state index in [1.807, 2.05) is 5.38 Å². The number of anilines is 1. The molecule has 0 bridgehead atoms. The van der Waals surface area contributed by atoms with Crippen molar-refractivity contribution in [3.05, 3.63) is 53.2 Å². The lowest BCUT2D eigenvalue weighted by Gasteiger charge is -2.28. The third-order valence-electron chi connectivity index (χ3n) is 5.98. The molecule has 0 atom stereocenters. The summed E-state index contributed by atoms with van der Waals surface area (Å²) in [6.07, 6.45) is 0.766. The third kappa shape index (κ3) is 6.89. The van der Waals surface area contributed by atoms with Crippen LogP contribution in [0.1, 0.15) is 16.8 Å². The van der Waals surface area contributed by atoms with Crippen LogP contribution in [0.3, 0.4) is 0 Å². The highest BCUT2D eigenvalue weighted by molar-refractivity contribution is 7.14. The first-order valence-electron chi connectivity index (χ1n) is 11.7. The molecule has 0 spiro atoms. The number of hydrogen-bond acceptors (Lipinski definition) is 8. The maximum absolute atomic E-state index is 13.8. The van der Waals surface area contributed by atoms with Gasteiger partial charge in [0.15, 0.2) is 16.6 Å². The molecule has 2 heterocycles. The predicted octanol–water partition coefficient (Wildman–Crippen LogP) is 4.77. The summed E-state index contributed by atoms with van der Waals surface area (Å²) in [5.74, 6) is 0.690. The largest absolute Gasteiger partial charge is 0.493 e. The van der Waals surface area contributed by atoms with E-state index in [-0.39, 0.29) is 24.1 Å². The summed E-state index contributed by atoms with van der Waals surface area (Å²) < 4.78 is 35.1. The minimum Gasteiger partial charge on any atom is -0.493 e. The average molecular weight is 552 g/mol. The molecule has 1 saturated heterocycles. The molecular formula is C26H31ClFN3O5S. The van der Waals surface area contributed by atoms with Crippen molar-refractivity contribution >= 4 is 34.8 Å². The van der Waals surface area contributed by atoms with Crippen molar-refractivity contribution in [2.75, 3.05) is 65.6 Å². The highest BCUT2D eigenvalue weighted by atomic mass is 35.5. The first-order chi connectivity index (χ1) is 17.5. The first kappa shape index (κ1) is 28.6. The number of thiazole rings is 1. The molecule has 11 heteroatoms. The van der Waals surface area contributed by atoms with Gasteiger partial charge in [0.05, 0.1) is 40.2 Å². The molecule has 0 saturated carbocycles. The standard InChI is InChI=1S/C26H30FN3O5S.ClH/c1-32-22-15-19(16-23(33-2)24(22)34-3)25(31)30(10-4-9-29-11-13-35-14-12-29)26-28-21(17-36-26)18-5-7-20(27)8-6-18;/h5-8,15-17H,4,9-14H2,1-3H3;1H. The van der Waals surface area contributed by atoms with E-state index < -0.39 is 0 Å². The molecule has 8 nitrogen and oxygen atoms in total. The van der Waals surface area contributed by atoms with Gasteiger partial charge >= 0.3 is 0 Å². The van der Waals surface area contributed by atoms with Crippen LogP contribution in [0.15, 0.2) is 41.8 Å². The van der Waals surface area contributed by atoms with Gasteiger partial charge in [-0.05, 0) is 42.8 Å². The molecule has 200 valence electrons. The van der Waals surface area contributed by atoms with Crippen LogP contribution in [-0.4, -0.2) is 76.5 Å². The highest BCUT2D eigenvalue weighted by Gasteiger charge is 2.25. The van der Waals surface area contributed by atoms with Gasteiger partial charge in [0, 0.05) is 42.7 Å². The van der Waals surface area contributed by atoms with Crippen LogP contribution in [-0.2, 0) is 4.74 Å². The molecule has 4 rings (SSSR count). The Morgan fingerprint density at radius 3 is 2.32 bits per heavy atom. The normalized spacial score (nSPS) is 13.5. The fraction of sp³-hybridized carbons (Fsp3) is 0.385. The summed E-state index contributed by atoms with van der Waals surface area (Å²) in [7, 11) is 4.55. The number of morpholine rings is 1. The molecule has 0 unspecified atom stereocenters. The number of nitrogens with zero attached hydrogens (tertiary/aromatic N) is 3. The summed E-state index contributed by atoms with van der Waals surface area (Å²) >= 11 is 1.37. The number of carbonyl (C=O) groups excluding carboxylic acids is 1. The molecule has 0 N–H and O–H groups in total. The number of ether oxygens (including phenoxy) is 4. The van der Waals surface area contributed by atoms with Crippen molar-refractivity contribution in [3.63, 3.8) is 0 Å². The SMILES string of the molecule is COc1cc(C(=O)N(CCCN2CCOCC2)c2nc(-c3ccc(F)cc3)cs2)cc(OC)c1OC.Cl. The van der Waals surface area contributed by atoms with Gasteiger partial charge in [0.2, 0.25) is 5.75 Å². The second-order valence-corrected chi connectivity index (χ2v) is 9.04. The number of benzene rings is 2. The van der Waals surface area contributed by atoms with Gasteiger partial charge < -0.3 is 18.9 Å². The van der Waals surface area contributed by atoms with E-state index >= 15 is 0 Å². The number of rotatable bonds is 10. The van der Waals surface area contributed by atoms with Crippen LogP contribution in [0.4, 0.5) is 9.52 Å². The van der Waals surface area contributed by atoms with Gasteiger partial charge in [-0.15, -0.1) is 23.7 Å². The zero-order chi connectivity index (χ0) is 25.5. The van der Waals surface area contributed by atoms with Gasteiger partial charge in [0.1, 0.15) is 5.82 Å². The Balaban J connectivity index is 0.00000380. The monoisotopic (exact) mass is 551 g/mol. The zero-order valence-corrected chi connectivity index (χ0v) is 22.7. The van der Waals surface area contributed by atoms with Crippen LogP contribution < -0.4 is 19.1 Å². The number of aromatic nitrogens is 1. The summed E-state index contributed by atoms with van der Waals surface area (Å²) in [6, 6.07) is 9.45. The smallest absolute Gasteiger partial charge is 0.260 e. The third-order valence-corrected chi connectivity index (χ3v) is 6.84. The molecule has 37 heavy (non-hydrogen) atoms. The van der Waals surface area contributed by atoms with Crippen LogP contribution in [0.25, 0.3) is 11.3 Å². The van der Waals surface area contributed by atoms with Crippen molar-refractivity contribution in [3.8, 4) is 28.5 Å². The lowest BCUT2D eigenvalue weighted by atomic mass is 10.1. The number of hydrogen-bond donors (Lipinski definition) is 0. The molecular weight excluding hydrogens is 521 g/mol. The van der Waals surface area contributed by atoms with Gasteiger partial charge in [-0.2, -0.15) is 0 Å². The molecule has 2 aromatic carbocycles. The summed E-state index contributed by atoms with van der Waals surface area (Å²) in [6.45, 7) is 4.53. The second kappa shape index (κ2) is 13.6. The van der Waals surface area contributed by atoms with Crippen LogP contribution in [0.2, 0.25) is 0 Å². The topological polar surface area (TPSA) is 73.4 Å². The van der Waals surface area contributed by atoms with Crippen LogP contribution in [0, 0.1) is 5.82 Å². The summed E-state index contributed by atoms with van der Waals surface area (Å²) in [5.41, 5.74) is 1.87. The lowest BCUT2D eigenvalue weighted by molar-refractivity contribution is 0.0376. The zero-order valence-electron chi connectivity index (χ0n) is 21.1. The van der Waals surface area contributed by atoms with Crippen molar-refractivity contribution < 1.29 is 28.1 Å². The maximum atomic E-state index is 13.8. The Bertz CT molecular complexity index is 1150. The van der Waals surface area contributed by atoms with E-state index in [0.717, 1.165) is 44.8 Å². The van der Waals surface area contributed by atoms with Crippen molar-refractivity contribution in [2.24, 2.45) is 0 Å². The number of carbonyl (C=O) groups is 1. The summed E-state index contributed by atoms with van der Waals surface area (Å²) in [5, 5.41) is 2.44. The van der Waals surface area contributed by atoms with Gasteiger partial charge in [-0.3, -0.25) is 14.6 Å². The number of halogens is 2. The Labute approximate surface area is 226 Å².